The number of carbonyl (C=O) groups excluding carboxylic acids is 2. The molecule has 0 aromatic carbocycles. The van der Waals surface area contributed by atoms with Gasteiger partial charge in [0.1, 0.15) is 5.65 Å². The monoisotopic (exact) mass is 509 g/mol. The van der Waals surface area contributed by atoms with Crippen molar-refractivity contribution in [1.29, 1.82) is 0 Å². The van der Waals surface area contributed by atoms with E-state index in [1.54, 1.807) is 42.2 Å². The molecule has 11 heteroatoms. The Morgan fingerprint density at radius 1 is 1.11 bits per heavy atom. The van der Waals surface area contributed by atoms with Crippen molar-refractivity contribution in [2.45, 2.75) is 32.7 Å². The molecule has 0 unspecified atom stereocenters. The highest BCUT2D eigenvalue weighted by atomic mass is 16.2. The summed E-state index contributed by atoms with van der Waals surface area (Å²) >= 11 is 0. The predicted molar refractivity (Wildman–Crippen MR) is 144 cm³/mol. The summed E-state index contributed by atoms with van der Waals surface area (Å²) in [5, 5.41) is 10.8. The number of aromatic amines is 1. The summed E-state index contributed by atoms with van der Waals surface area (Å²) in [6, 6.07) is 7.67. The Bertz CT molecular complexity index is 1670. The zero-order valence-electron chi connectivity index (χ0n) is 21.1. The molecule has 5 aromatic rings. The molecule has 192 valence electrons. The summed E-state index contributed by atoms with van der Waals surface area (Å²) in [5.74, 6) is -0.414. The van der Waals surface area contributed by atoms with E-state index in [9.17, 15) is 9.59 Å². The molecule has 0 spiro atoms. The fourth-order valence-corrected chi connectivity index (χ4v) is 4.78. The van der Waals surface area contributed by atoms with Gasteiger partial charge in [-0.2, -0.15) is 5.10 Å². The molecule has 6 rings (SSSR count). The Kier molecular flexibility index (Phi) is 6.04. The number of pyridine rings is 2. The Balaban J connectivity index is 1.17. The maximum absolute atomic E-state index is 13.1. The number of anilines is 2. The number of rotatable bonds is 6. The molecule has 0 aliphatic carbocycles. The van der Waals surface area contributed by atoms with Crippen molar-refractivity contribution in [3.8, 4) is 11.3 Å². The van der Waals surface area contributed by atoms with Gasteiger partial charge in [-0.15, -0.1) is 0 Å². The number of nitrogens with zero attached hydrogens (tertiary/aromatic N) is 6. The van der Waals surface area contributed by atoms with Crippen molar-refractivity contribution in [1.82, 2.24) is 34.4 Å². The zero-order valence-corrected chi connectivity index (χ0v) is 21.1. The number of hydrogen-bond acceptors (Lipinski definition) is 7. The van der Waals surface area contributed by atoms with E-state index in [1.807, 2.05) is 18.3 Å². The third kappa shape index (κ3) is 4.71. The molecule has 1 saturated heterocycles. The van der Waals surface area contributed by atoms with Gasteiger partial charge < -0.3 is 15.6 Å². The molecular weight excluding hydrogens is 482 g/mol. The third-order valence-corrected chi connectivity index (χ3v) is 6.95. The fraction of sp³-hybridized carbons (Fsp3) is 0.259. The van der Waals surface area contributed by atoms with Crippen molar-refractivity contribution >= 4 is 39.9 Å². The SMILES string of the molecule is Cc1ncc(NC(=O)CN2CCC[C@@H]2C)cc1NC(=O)c1cnc2[nH]c(-c3cnc4ccnn4c3)cc2c1. The molecular formula is C27H27N9O2. The third-order valence-electron chi connectivity index (χ3n) is 6.95. The maximum Gasteiger partial charge on any atom is 0.257 e. The van der Waals surface area contributed by atoms with Crippen molar-refractivity contribution in [3.63, 3.8) is 0 Å². The number of aryl methyl sites for hydroxylation is 1. The highest BCUT2D eigenvalue weighted by molar-refractivity contribution is 6.06. The lowest BCUT2D eigenvalue weighted by Crippen LogP contribution is -2.35. The summed E-state index contributed by atoms with van der Waals surface area (Å²) in [5.41, 5.74) is 5.20. The molecule has 11 nitrogen and oxygen atoms in total. The van der Waals surface area contributed by atoms with Gasteiger partial charge in [-0.3, -0.25) is 19.5 Å². The predicted octanol–water partition coefficient (Wildman–Crippen LogP) is 3.65. The number of H-pyrrole nitrogens is 1. The van der Waals surface area contributed by atoms with Gasteiger partial charge in [-0.25, -0.2) is 14.5 Å². The van der Waals surface area contributed by atoms with Gasteiger partial charge in [0.05, 0.1) is 47.3 Å². The summed E-state index contributed by atoms with van der Waals surface area (Å²) in [6.45, 7) is 5.21. The van der Waals surface area contributed by atoms with Crippen LogP contribution >= 0.6 is 0 Å². The fourth-order valence-electron chi connectivity index (χ4n) is 4.78. The van der Waals surface area contributed by atoms with Gasteiger partial charge in [0.15, 0.2) is 5.65 Å². The Morgan fingerprint density at radius 2 is 2.00 bits per heavy atom. The molecule has 0 radical (unpaired) electrons. The van der Waals surface area contributed by atoms with Crippen molar-refractivity contribution in [2.24, 2.45) is 0 Å². The van der Waals surface area contributed by atoms with Crippen molar-refractivity contribution < 1.29 is 9.59 Å². The molecule has 5 aromatic heterocycles. The zero-order chi connectivity index (χ0) is 26.2. The number of amides is 2. The first-order chi connectivity index (χ1) is 18.4. The van der Waals surface area contributed by atoms with Crippen LogP contribution in [0.25, 0.3) is 27.9 Å². The highest BCUT2D eigenvalue weighted by Crippen LogP contribution is 2.25. The van der Waals surface area contributed by atoms with Crippen LogP contribution in [-0.4, -0.2) is 65.4 Å². The van der Waals surface area contributed by atoms with Crippen LogP contribution in [0.15, 0.2) is 55.2 Å². The molecule has 1 aliphatic rings. The van der Waals surface area contributed by atoms with E-state index in [0.29, 0.717) is 40.9 Å². The molecule has 1 fully saturated rings. The summed E-state index contributed by atoms with van der Waals surface area (Å²) < 4.78 is 1.70. The Labute approximate surface area is 218 Å². The second kappa shape index (κ2) is 9.67. The van der Waals surface area contributed by atoms with E-state index in [-0.39, 0.29) is 11.8 Å². The lowest BCUT2D eigenvalue weighted by atomic mass is 10.2. The first-order valence-electron chi connectivity index (χ1n) is 12.5. The number of carbonyl (C=O) groups is 2. The van der Waals surface area contributed by atoms with Crippen LogP contribution in [0.3, 0.4) is 0 Å². The number of nitrogens with one attached hydrogen (secondary N) is 3. The lowest BCUT2D eigenvalue weighted by Gasteiger charge is -2.20. The first kappa shape index (κ1) is 23.7. The number of hydrogen-bond donors (Lipinski definition) is 3. The van der Waals surface area contributed by atoms with Crippen LogP contribution in [-0.2, 0) is 4.79 Å². The first-order valence-corrected chi connectivity index (χ1v) is 12.5. The average Bonchev–Trinajstić information content (AvgIpc) is 3.65. The summed E-state index contributed by atoms with van der Waals surface area (Å²) in [6.07, 6.45) is 10.7. The molecule has 1 atom stereocenters. The number of aromatic nitrogens is 6. The minimum absolute atomic E-state index is 0.0958. The van der Waals surface area contributed by atoms with E-state index in [1.165, 1.54) is 6.20 Å². The average molecular weight is 510 g/mol. The van der Waals surface area contributed by atoms with Gasteiger partial charge in [0, 0.05) is 41.6 Å². The molecule has 38 heavy (non-hydrogen) atoms. The number of fused-ring (bicyclic) bond motifs is 2. The minimum atomic E-state index is -0.318. The summed E-state index contributed by atoms with van der Waals surface area (Å²) in [4.78, 5) is 44.3. The molecule has 2 amide bonds. The molecule has 1 aliphatic heterocycles. The van der Waals surface area contributed by atoms with Crippen LogP contribution in [0.4, 0.5) is 11.4 Å². The molecule has 3 N–H and O–H groups in total. The lowest BCUT2D eigenvalue weighted by molar-refractivity contribution is -0.117. The number of likely N-dealkylation sites (tertiary alicyclic amines) is 1. The Hall–Kier alpha value is -4.64. The van der Waals surface area contributed by atoms with Gasteiger partial charge in [-0.1, -0.05) is 0 Å². The molecule has 0 saturated carbocycles. The van der Waals surface area contributed by atoms with Crippen LogP contribution in [0.5, 0.6) is 0 Å². The van der Waals surface area contributed by atoms with Gasteiger partial charge >= 0.3 is 0 Å². The van der Waals surface area contributed by atoms with Crippen LogP contribution in [0.2, 0.25) is 0 Å². The molecule has 0 bridgehead atoms. The van der Waals surface area contributed by atoms with Crippen LogP contribution < -0.4 is 10.6 Å². The Morgan fingerprint density at radius 3 is 2.84 bits per heavy atom. The largest absolute Gasteiger partial charge is 0.339 e. The van der Waals surface area contributed by atoms with E-state index in [0.717, 1.165) is 41.7 Å². The van der Waals surface area contributed by atoms with E-state index in [2.05, 4.69) is 47.5 Å². The second-order valence-electron chi connectivity index (χ2n) is 9.64. The highest BCUT2D eigenvalue weighted by Gasteiger charge is 2.22. The maximum atomic E-state index is 13.1. The van der Waals surface area contributed by atoms with Gasteiger partial charge in [0.2, 0.25) is 5.91 Å². The van der Waals surface area contributed by atoms with Crippen molar-refractivity contribution in [2.75, 3.05) is 23.7 Å². The second-order valence-corrected chi connectivity index (χ2v) is 9.64. The van der Waals surface area contributed by atoms with Crippen LogP contribution in [0, 0.1) is 6.92 Å². The van der Waals surface area contributed by atoms with E-state index >= 15 is 0 Å². The normalized spacial score (nSPS) is 15.8. The smallest absolute Gasteiger partial charge is 0.257 e. The summed E-state index contributed by atoms with van der Waals surface area (Å²) in [7, 11) is 0. The standard InChI is InChI=1S/C27H27N9O2/c1-16-4-3-7-35(16)15-25(37)32-21-10-22(17(2)28-13-21)34-27(38)19-8-18-9-23(33-26(18)30-11-19)20-12-29-24-5-6-31-36(24)14-20/h5-6,8-14,16H,3-4,7,15H2,1-2H3,(H,30,33)(H,32,37)(H,34,38)/t16-/m0/s1. The minimum Gasteiger partial charge on any atom is -0.339 e. The van der Waals surface area contributed by atoms with Crippen molar-refractivity contribution in [3.05, 3.63) is 66.5 Å². The quantitative estimate of drug-likeness (QED) is 0.318. The van der Waals surface area contributed by atoms with Crippen LogP contribution in [0.1, 0.15) is 35.8 Å². The topological polar surface area (TPSA) is 133 Å². The van der Waals surface area contributed by atoms with Gasteiger partial charge in [0.25, 0.3) is 5.91 Å². The molecule has 6 heterocycles. The van der Waals surface area contributed by atoms with E-state index < -0.39 is 0 Å². The van der Waals surface area contributed by atoms with Gasteiger partial charge in [-0.05, 0) is 51.4 Å². The van der Waals surface area contributed by atoms with E-state index in [4.69, 9.17) is 0 Å².